The van der Waals surface area contributed by atoms with Gasteiger partial charge < -0.3 is 10.1 Å². The van der Waals surface area contributed by atoms with Crippen molar-refractivity contribution >= 4 is 21.6 Å². The smallest absolute Gasteiger partial charge is 0.261 e. The van der Waals surface area contributed by atoms with Crippen molar-refractivity contribution in [2.24, 2.45) is 0 Å². The van der Waals surface area contributed by atoms with Crippen LogP contribution in [-0.2, 0) is 15.4 Å². The number of ether oxygens (including phenoxy) is 1. The van der Waals surface area contributed by atoms with E-state index < -0.39 is 10.0 Å². The molecule has 1 aliphatic carbocycles. The average molecular weight is 437 g/mol. The number of benzene rings is 3. The van der Waals surface area contributed by atoms with Crippen molar-refractivity contribution in [1.82, 2.24) is 5.32 Å². The van der Waals surface area contributed by atoms with Gasteiger partial charge in [0.15, 0.2) is 0 Å². The number of carbonyl (C=O) groups is 1. The van der Waals surface area contributed by atoms with Gasteiger partial charge in [0.05, 0.1) is 12.0 Å². The van der Waals surface area contributed by atoms with Crippen molar-refractivity contribution in [3.8, 4) is 5.75 Å². The van der Waals surface area contributed by atoms with Gasteiger partial charge >= 0.3 is 0 Å². The first-order valence-corrected chi connectivity index (χ1v) is 11.5. The molecular formula is C24H24N2O4S. The second-order valence-corrected chi connectivity index (χ2v) is 9.37. The average Bonchev–Trinajstić information content (AvgIpc) is 3.60. The number of anilines is 1. The molecule has 0 saturated heterocycles. The van der Waals surface area contributed by atoms with Gasteiger partial charge in [-0.3, -0.25) is 9.52 Å². The second-order valence-electron chi connectivity index (χ2n) is 7.69. The van der Waals surface area contributed by atoms with Crippen LogP contribution in [0.2, 0.25) is 0 Å². The fourth-order valence-electron chi connectivity index (χ4n) is 3.54. The van der Waals surface area contributed by atoms with E-state index in [9.17, 15) is 13.2 Å². The van der Waals surface area contributed by atoms with Crippen LogP contribution >= 0.6 is 0 Å². The molecule has 1 fully saturated rings. The number of sulfonamides is 1. The Kier molecular flexibility index (Phi) is 5.69. The van der Waals surface area contributed by atoms with Crippen LogP contribution in [0.3, 0.4) is 0 Å². The minimum absolute atomic E-state index is 0.0173. The summed E-state index contributed by atoms with van der Waals surface area (Å²) in [6, 6.07) is 22.8. The highest BCUT2D eigenvalue weighted by Gasteiger charge is 2.44. The normalized spacial score (nSPS) is 14.5. The van der Waals surface area contributed by atoms with Crippen molar-refractivity contribution in [2.75, 3.05) is 18.4 Å². The number of carbonyl (C=O) groups excluding carboxylic acids is 1. The Morgan fingerprint density at radius 2 is 1.68 bits per heavy atom. The van der Waals surface area contributed by atoms with Crippen LogP contribution in [0, 0.1) is 0 Å². The van der Waals surface area contributed by atoms with E-state index in [1.807, 2.05) is 18.2 Å². The van der Waals surface area contributed by atoms with Crippen molar-refractivity contribution in [3.63, 3.8) is 0 Å². The molecule has 4 rings (SSSR count). The Balaban J connectivity index is 1.45. The van der Waals surface area contributed by atoms with Crippen molar-refractivity contribution in [1.29, 1.82) is 0 Å². The molecule has 160 valence electrons. The van der Waals surface area contributed by atoms with E-state index in [0.29, 0.717) is 23.5 Å². The molecule has 0 aliphatic heterocycles. The highest BCUT2D eigenvalue weighted by Crippen LogP contribution is 2.47. The Morgan fingerprint density at radius 1 is 0.968 bits per heavy atom. The van der Waals surface area contributed by atoms with Gasteiger partial charge in [-0.25, -0.2) is 8.42 Å². The van der Waals surface area contributed by atoms with Crippen molar-refractivity contribution in [2.45, 2.75) is 23.2 Å². The third-order valence-corrected chi connectivity index (χ3v) is 6.95. The summed E-state index contributed by atoms with van der Waals surface area (Å²) in [5.41, 5.74) is 1.92. The molecule has 0 unspecified atom stereocenters. The summed E-state index contributed by atoms with van der Waals surface area (Å²) >= 11 is 0. The summed E-state index contributed by atoms with van der Waals surface area (Å²) in [7, 11) is -2.29. The molecule has 31 heavy (non-hydrogen) atoms. The Hall–Kier alpha value is -3.32. The van der Waals surface area contributed by atoms with Crippen LogP contribution in [0.15, 0.2) is 83.8 Å². The molecule has 3 aromatic carbocycles. The van der Waals surface area contributed by atoms with E-state index in [2.05, 4.69) is 22.2 Å². The lowest BCUT2D eigenvalue weighted by Crippen LogP contribution is -2.32. The molecule has 6 nitrogen and oxygen atoms in total. The predicted octanol–water partition coefficient (Wildman–Crippen LogP) is 3.96. The van der Waals surface area contributed by atoms with E-state index in [0.717, 1.165) is 12.8 Å². The molecule has 0 heterocycles. The zero-order chi connectivity index (χ0) is 21.9. The summed E-state index contributed by atoms with van der Waals surface area (Å²) in [6.45, 7) is 0.525. The molecule has 0 aromatic heterocycles. The first-order chi connectivity index (χ1) is 14.9. The van der Waals surface area contributed by atoms with E-state index in [1.54, 1.807) is 43.5 Å². The first-order valence-electron chi connectivity index (χ1n) is 10.0. The van der Waals surface area contributed by atoms with Crippen LogP contribution in [-0.4, -0.2) is 28.0 Å². The van der Waals surface area contributed by atoms with Crippen LogP contribution in [0.4, 0.5) is 5.69 Å². The monoisotopic (exact) mass is 436 g/mol. The molecular weight excluding hydrogens is 412 g/mol. The van der Waals surface area contributed by atoms with Gasteiger partial charge in [-0.15, -0.1) is 0 Å². The fourth-order valence-corrected chi connectivity index (χ4v) is 4.64. The zero-order valence-corrected chi connectivity index (χ0v) is 18.0. The molecule has 3 aromatic rings. The quantitative estimate of drug-likeness (QED) is 0.560. The largest absolute Gasteiger partial charge is 0.497 e. The number of amides is 1. The summed E-state index contributed by atoms with van der Waals surface area (Å²) < 4.78 is 33.1. The van der Waals surface area contributed by atoms with E-state index in [4.69, 9.17) is 4.74 Å². The lowest BCUT2D eigenvalue weighted by atomic mass is 9.96. The van der Waals surface area contributed by atoms with Gasteiger partial charge in [-0.05, 0) is 60.9 Å². The third kappa shape index (κ3) is 4.72. The van der Waals surface area contributed by atoms with Gasteiger partial charge in [-0.1, -0.05) is 36.4 Å². The molecule has 7 heteroatoms. The third-order valence-electron chi connectivity index (χ3n) is 5.58. The minimum Gasteiger partial charge on any atom is -0.497 e. The van der Waals surface area contributed by atoms with E-state index in [-0.39, 0.29) is 16.2 Å². The topological polar surface area (TPSA) is 84.5 Å². The maximum atomic E-state index is 12.8. The minimum atomic E-state index is -3.83. The highest BCUT2D eigenvalue weighted by molar-refractivity contribution is 7.92. The Morgan fingerprint density at radius 3 is 2.32 bits per heavy atom. The number of rotatable bonds is 8. The van der Waals surface area contributed by atoms with Gasteiger partial charge in [0.1, 0.15) is 5.75 Å². The summed E-state index contributed by atoms with van der Waals surface area (Å²) in [5.74, 6) is 0.342. The molecule has 1 saturated carbocycles. The zero-order valence-electron chi connectivity index (χ0n) is 17.2. The summed E-state index contributed by atoms with van der Waals surface area (Å²) in [4.78, 5) is 12.7. The molecule has 1 amide bonds. The van der Waals surface area contributed by atoms with Gasteiger partial charge in [-0.2, -0.15) is 0 Å². The number of methoxy groups -OCH3 is 1. The SMILES string of the molecule is COc1ccc(NS(=O)(=O)c2cccc(C(=O)NCC3(c4ccccc4)CC3)c2)cc1. The van der Waals surface area contributed by atoms with E-state index in [1.165, 1.54) is 17.7 Å². The maximum absolute atomic E-state index is 12.8. The number of hydrogen-bond donors (Lipinski definition) is 2. The van der Waals surface area contributed by atoms with Gasteiger partial charge in [0.25, 0.3) is 15.9 Å². The fraction of sp³-hybridized carbons (Fsp3) is 0.208. The molecule has 0 radical (unpaired) electrons. The maximum Gasteiger partial charge on any atom is 0.261 e. The molecule has 0 bridgehead atoms. The van der Waals surface area contributed by atoms with Crippen molar-refractivity contribution in [3.05, 3.63) is 90.0 Å². The summed E-state index contributed by atoms with van der Waals surface area (Å²) in [6.07, 6.45) is 2.05. The van der Waals surface area contributed by atoms with Crippen LogP contribution in [0.5, 0.6) is 5.75 Å². The van der Waals surface area contributed by atoms with Crippen LogP contribution < -0.4 is 14.8 Å². The Labute approximate surface area is 182 Å². The van der Waals surface area contributed by atoms with Crippen LogP contribution in [0.1, 0.15) is 28.8 Å². The highest BCUT2D eigenvalue weighted by atomic mass is 32.2. The summed E-state index contributed by atoms with van der Waals surface area (Å²) in [5, 5.41) is 2.97. The lowest BCUT2D eigenvalue weighted by molar-refractivity contribution is 0.0949. The number of hydrogen-bond acceptors (Lipinski definition) is 4. The van der Waals surface area contributed by atoms with Crippen molar-refractivity contribution < 1.29 is 17.9 Å². The number of nitrogens with one attached hydrogen (secondary N) is 2. The Bertz CT molecular complexity index is 1170. The van der Waals surface area contributed by atoms with Gasteiger partial charge in [0.2, 0.25) is 0 Å². The lowest BCUT2D eigenvalue weighted by Gasteiger charge is -2.17. The molecule has 1 aliphatic rings. The standard InChI is InChI=1S/C24H24N2O4S/c1-30-21-12-10-20(11-13-21)26-31(28,29)22-9-5-6-18(16-22)23(27)25-17-24(14-15-24)19-7-3-2-4-8-19/h2-13,16,26H,14-15,17H2,1H3,(H,25,27). The first kappa shape index (κ1) is 20.9. The van der Waals surface area contributed by atoms with Gasteiger partial charge in [0, 0.05) is 23.2 Å². The van der Waals surface area contributed by atoms with E-state index >= 15 is 0 Å². The van der Waals surface area contributed by atoms with Crippen LogP contribution in [0.25, 0.3) is 0 Å². The molecule has 0 atom stereocenters. The molecule has 0 spiro atoms. The molecule has 2 N–H and O–H groups in total. The predicted molar refractivity (Wildman–Crippen MR) is 120 cm³/mol. The second kappa shape index (κ2) is 8.43.